The third-order valence-electron chi connectivity index (χ3n) is 3.32. The van der Waals surface area contributed by atoms with Crippen LogP contribution in [0.25, 0.3) is 11.4 Å². The van der Waals surface area contributed by atoms with E-state index in [0.29, 0.717) is 18.1 Å². The first-order valence-corrected chi connectivity index (χ1v) is 7.23. The van der Waals surface area contributed by atoms with Gasteiger partial charge in [0.25, 0.3) is 0 Å². The molecule has 0 radical (unpaired) electrons. The van der Waals surface area contributed by atoms with Gasteiger partial charge in [0.1, 0.15) is 0 Å². The van der Waals surface area contributed by atoms with Crippen LogP contribution in [0, 0.1) is 5.92 Å². The van der Waals surface area contributed by atoms with Crippen LogP contribution in [0.3, 0.4) is 0 Å². The van der Waals surface area contributed by atoms with Gasteiger partial charge in [-0.05, 0) is 18.1 Å². The van der Waals surface area contributed by atoms with Gasteiger partial charge >= 0.3 is 0 Å². The van der Waals surface area contributed by atoms with Crippen molar-refractivity contribution in [3.05, 3.63) is 30.4 Å². The van der Waals surface area contributed by atoms with Gasteiger partial charge in [-0.2, -0.15) is 4.98 Å². The number of nitrogens with one attached hydrogen (secondary N) is 1. The molecule has 2 N–H and O–H groups in total. The lowest BCUT2D eigenvalue weighted by Gasteiger charge is -2.19. The van der Waals surface area contributed by atoms with Crippen LogP contribution in [0.4, 0.5) is 0 Å². The third kappa shape index (κ3) is 4.36. The van der Waals surface area contributed by atoms with Crippen molar-refractivity contribution in [1.29, 1.82) is 0 Å². The van der Waals surface area contributed by atoms with E-state index in [4.69, 9.17) is 4.52 Å². The molecular weight excluding hydrogens is 284 g/mol. The summed E-state index contributed by atoms with van der Waals surface area (Å²) in [5, 5.41) is 15.9. The summed E-state index contributed by atoms with van der Waals surface area (Å²) in [4.78, 5) is 20.0. The van der Waals surface area contributed by atoms with Gasteiger partial charge in [0.2, 0.25) is 17.6 Å². The zero-order valence-electron chi connectivity index (χ0n) is 12.7. The maximum atomic E-state index is 11.8. The molecule has 0 spiro atoms. The first kappa shape index (κ1) is 16.1. The van der Waals surface area contributed by atoms with Crippen LogP contribution in [0.5, 0.6) is 0 Å². The van der Waals surface area contributed by atoms with Crippen molar-refractivity contribution in [3.63, 3.8) is 0 Å². The van der Waals surface area contributed by atoms with E-state index in [2.05, 4.69) is 20.4 Å². The van der Waals surface area contributed by atoms with Crippen LogP contribution in [0.15, 0.2) is 29.0 Å². The van der Waals surface area contributed by atoms with E-state index in [9.17, 15) is 9.90 Å². The lowest BCUT2D eigenvalue weighted by molar-refractivity contribution is -0.122. The fraction of sp³-hybridized carbons (Fsp3) is 0.467. The van der Waals surface area contributed by atoms with Crippen molar-refractivity contribution in [2.24, 2.45) is 5.92 Å². The average molecular weight is 304 g/mol. The predicted octanol–water partition coefficient (Wildman–Crippen LogP) is 1.20. The zero-order chi connectivity index (χ0) is 15.9. The molecule has 7 heteroatoms. The van der Waals surface area contributed by atoms with E-state index in [-0.39, 0.29) is 30.9 Å². The standard InChI is InChI=1S/C15H20N4O3/c1-10(2)12(9-20)17-13(21)3-4-14-18-15(19-22-14)11-5-7-16-8-6-11/h5-8,10,12,20H,3-4,9H2,1-2H3,(H,17,21)/t12-/m1/s1. The second-order valence-corrected chi connectivity index (χ2v) is 5.35. The highest BCUT2D eigenvalue weighted by atomic mass is 16.5. The smallest absolute Gasteiger partial charge is 0.227 e. The molecule has 2 rings (SSSR count). The van der Waals surface area contributed by atoms with Gasteiger partial charge in [0.05, 0.1) is 12.6 Å². The summed E-state index contributed by atoms with van der Waals surface area (Å²) in [6, 6.07) is 3.34. The molecule has 2 heterocycles. The van der Waals surface area contributed by atoms with Crippen LogP contribution < -0.4 is 5.32 Å². The van der Waals surface area contributed by atoms with E-state index in [1.54, 1.807) is 24.5 Å². The second kappa shape index (κ2) is 7.65. The number of aliphatic hydroxyl groups excluding tert-OH is 1. The number of carbonyl (C=O) groups is 1. The lowest BCUT2D eigenvalue weighted by atomic mass is 10.1. The highest BCUT2D eigenvalue weighted by molar-refractivity contribution is 5.76. The van der Waals surface area contributed by atoms with Gasteiger partial charge < -0.3 is 14.9 Å². The minimum absolute atomic E-state index is 0.0733. The number of amides is 1. The molecule has 0 saturated heterocycles. The van der Waals surface area contributed by atoms with Gasteiger partial charge in [-0.1, -0.05) is 19.0 Å². The first-order chi connectivity index (χ1) is 10.6. The summed E-state index contributed by atoms with van der Waals surface area (Å²) in [5.41, 5.74) is 0.814. The fourth-order valence-electron chi connectivity index (χ4n) is 1.90. The molecule has 2 aromatic rings. The first-order valence-electron chi connectivity index (χ1n) is 7.23. The number of aryl methyl sites for hydroxylation is 1. The summed E-state index contributed by atoms with van der Waals surface area (Å²) in [6.45, 7) is 3.82. The van der Waals surface area contributed by atoms with Crippen molar-refractivity contribution >= 4 is 5.91 Å². The summed E-state index contributed by atoms with van der Waals surface area (Å²) >= 11 is 0. The molecule has 22 heavy (non-hydrogen) atoms. The summed E-state index contributed by atoms with van der Waals surface area (Å²) in [5.74, 6) is 0.923. The highest BCUT2D eigenvalue weighted by Crippen LogP contribution is 2.14. The molecule has 0 aliphatic heterocycles. The maximum Gasteiger partial charge on any atom is 0.227 e. The number of pyridine rings is 1. The van der Waals surface area contributed by atoms with E-state index in [0.717, 1.165) is 5.56 Å². The molecule has 0 fully saturated rings. The number of aliphatic hydroxyl groups is 1. The van der Waals surface area contributed by atoms with E-state index < -0.39 is 0 Å². The Bertz CT molecular complexity index is 598. The Balaban J connectivity index is 1.87. The summed E-state index contributed by atoms with van der Waals surface area (Å²) in [6.07, 6.45) is 3.90. The lowest BCUT2D eigenvalue weighted by Crippen LogP contribution is -2.41. The fourth-order valence-corrected chi connectivity index (χ4v) is 1.90. The number of nitrogens with zero attached hydrogens (tertiary/aromatic N) is 3. The molecule has 0 unspecified atom stereocenters. The van der Waals surface area contributed by atoms with Gasteiger partial charge in [-0.3, -0.25) is 9.78 Å². The Labute approximate surface area is 128 Å². The number of rotatable bonds is 7. The molecular formula is C15H20N4O3. The Morgan fingerprint density at radius 1 is 1.36 bits per heavy atom. The van der Waals surface area contributed by atoms with Crippen LogP contribution in [-0.2, 0) is 11.2 Å². The van der Waals surface area contributed by atoms with Crippen molar-refractivity contribution in [2.75, 3.05) is 6.61 Å². The van der Waals surface area contributed by atoms with Crippen molar-refractivity contribution in [3.8, 4) is 11.4 Å². The largest absolute Gasteiger partial charge is 0.394 e. The predicted molar refractivity (Wildman–Crippen MR) is 79.7 cm³/mol. The average Bonchev–Trinajstić information content (AvgIpc) is 3.00. The Hall–Kier alpha value is -2.28. The van der Waals surface area contributed by atoms with Crippen molar-refractivity contribution < 1.29 is 14.4 Å². The van der Waals surface area contributed by atoms with Crippen molar-refractivity contribution in [2.45, 2.75) is 32.7 Å². The van der Waals surface area contributed by atoms with Crippen LogP contribution in [-0.4, -0.2) is 38.8 Å². The number of hydrogen-bond acceptors (Lipinski definition) is 6. The number of carbonyl (C=O) groups excluding carboxylic acids is 1. The van der Waals surface area contributed by atoms with Gasteiger partial charge in [0.15, 0.2) is 0 Å². The van der Waals surface area contributed by atoms with Crippen LogP contribution in [0.1, 0.15) is 26.2 Å². The van der Waals surface area contributed by atoms with E-state index >= 15 is 0 Å². The zero-order valence-corrected chi connectivity index (χ0v) is 12.7. The maximum absolute atomic E-state index is 11.8. The molecule has 0 aliphatic carbocycles. The van der Waals surface area contributed by atoms with Gasteiger partial charge in [-0.25, -0.2) is 0 Å². The number of aromatic nitrogens is 3. The molecule has 2 aromatic heterocycles. The molecule has 0 aromatic carbocycles. The Kier molecular flexibility index (Phi) is 5.60. The van der Waals surface area contributed by atoms with Crippen LogP contribution >= 0.6 is 0 Å². The topological polar surface area (TPSA) is 101 Å². The Morgan fingerprint density at radius 2 is 2.09 bits per heavy atom. The molecule has 0 aliphatic rings. The molecule has 0 bridgehead atoms. The molecule has 1 atom stereocenters. The highest BCUT2D eigenvalue weighted by Gasteiger charge is 2.16. The van der Waals surface area contributed by atoms with Crippen LogP contribution in [0.2, 0.25) is 0 Å². The second-order valence-electron chi connectivity index (χ2n) is 5.35. The van der Waals surface area contributed by atoms with Gasteiger partial charge in [0, 0.05) is 30.8 Å². The monoisotopic (exact) mass is 304 g/mol. The van der Waals surface area contributed by atoms with Gasteiger partial charge in [-0.15, -0.1) is 0 Å². The minimum Gasteiger partial charge on any atom is -0.394 e. The summed E-state index contributed by atoms with van der Waals surface area (Å²) < 4.78 is 5.14. The molecule has 1 amide bonds. The normalized spacial score (nSPS) is 12.4. The third-order valence-corrected chi connectivity index (χ3v) is 3.32. The van der Waals surface area contributed by atoms with Crippen molar-refractivity contribution in [1.82, 2.24) is 20.4 Å². The Morgan fingerprint density at radius 3 is 2.73 bits per heavy atom. The summed E-state index contributed by atoms with van der Waals surface area (Å²) in [7, 11) is 0. The van der Waals surface area contributed by atoms with E-state index in [1.807, 2.05) is 13.8 Å². The van der Waals surface area contributed by atoms with E-state index in [1.165, 1.54) is 0 Å². The minimum atomic E-state index is -0.234. The number of hydrogen-bond donors (Lipinski definition) is 2. The molecule has 0 saturated carbocycles. The quantitative estimate of drug-likeness (QED) is 0.797. The molecule has 7 nitrogen and oxygen atoms in total. The SMILES string of the molecule is CC(C)[C@@H](CO)NC(=O)CCc1nc(-c2ccncc2)no1. The molecule has 118 valence electrons.